The first-order valence-corrected chi connectivity index (χ1v) is 10.6. The largest absolute Gasteiger partial charge is 0.316 e. The Morgan fingerprint density at radius 1 is 1.48 bits per heavy atom. The molecule has 2 aliphatic heterocycles. The summed E-state index contributed by atoms with van der Waals surface area (Å²) in [6, 6.07) is 9.19. The van der Waals surface area contributed by atoms with Crippen LogP contribution in [0.4, 0.5) is 5.69 Å². The van der Waals surface area contributed by atoms with Gasteiger partial charge in [0.25, 0.3) is 5.91 Å². The number of amides is 1. The van der Waals surface area contributed by atoms with Crippen LogP contribution in [-0.4, -0.2) is 42.3 Å². The monoisotopic (exact) mass is 461 g/mol. The lowest BCUT2D eigenvalue weighted by Gasteiger charge is -2.24. The summed E-state index contributed by atoms with van der Waals surface area (Å²) in [5.41, 5.74) is 0.817. The maximum absolute atomic E-state index is 11.9. The molecule has 2 heterocycles. The van der Waals surface area contributed by atoms with Gasteiger partial charge in [0.1, 0.15) is 6.42 Å². The second-order valence-electron chi connectivity index (χ2n) is 5.27. The van der Waals surface area contributed by atoms with E-state index in [1.165, 1.54) is 11.8 Å². The van der Waals surface area contributed by atoms with Gasteiger partial charge in [0, 0.05) is 14.5 Å². The highest BCUT2D eigenvalue weighted by Crippen LogP contribution is 2.41. The number of carbonyl (C=O) groups is 1. The Labute approximate surface area is 152 Å². The molecule has 1 aromatic carbocycles. The second kappa shape index (κ2) is 6.41. The van der Waals surface area contributed by atoms with Gasteiger partial charge in [0.05, 0.1) is 23.6 Å². The van der Waals surface area contributed by atoms with E-state index in [2.05, 4.69) is 27.6 Å². The van der Waals surface area contributed by atoms with Crippen LogP contribution in [0.3, 0.4) is 0 Å². The first-order valence-electron chi connectivity index (χ1n) is 6.80. The molecule has 0 aromatic heterocycles. The fourth-order valence-corrected chi connectivity index (χ4v) is 7.16. The first-order chi connectivity index (χ1) is 10.9. The zero-order valence-corrected chi connectivity index (χ0v) is 15.6. The number of carbonyl (C=O) groups excluding carboxylic acids is 1. The van der Waals surface area contributed by atoms with Gasteiger partial charge in [0.15, 0.2) is 15.0 Å². The summed E-state index contributed by atoms with van der Waals surface area (Å²) in [4.78, 5) is 17.6. The highest BCUT2D eigenvalue weighted by molar-refractivity contribution is 14.1. The van der Waals surface area contributed by atoms with E-state index in [0.29, 0.717) is 5.17 Å². The lowest BCUT2D eigenvalue weighted by molar-refractivity contribution is -0.116. The van der Waals surface area contributed by atoms with Crippen molar-refractivity contribution in [3.05, 3.63) is 27.8 Å². The molecule has 120 valence electrons. The summed E-state index contributed by atoms with van der Waals surface area (Å²) < 4.78 is 24.9. The molecule has 0 aliphatic carbocycles. The zero-order chi connectivity index (χ0) is 16.6. The Morgan fingerprint density at radius 3 is 2.96 bits per heavy atom. The number of hydrogen-bond donors (Lipinski definition) is 0. The van der Waals surface area contributed by atoms with Crippen molar-refractivity contribution >= 4 is 61.0 Å². The molecule has 0 bridgehead atoms. The molecule has 2 fully saturated rings. The van der Waals surface area contributed by atoms with Gasteiger partial charge in [-0.3, -0.25) is 4.79 Å². The van der Waals surface area contributed by atoms with Gasteiger partial charge in [-0.1, -0.05) is 17.8 Å². The van der Waals surface area contributed by atoms with E-state index in [1.807, 2.05) is 29.2 Å². The molecule has 0 spiro atoms. The maximum atomic E-state index is 11.9. The molecule has 1 amide bonds. The van der Waals surface area contributed by atoms with Crippen molar-refractivity contribution in [3.63, 3.8) is 0 Å². The Hall–Kier alpha value is -1.12. The molecule has 2 aliphatic rings. The van der Waals surface area contributed by atoms with Gasteiger partial charge >= 0.3 is 0 Å². The van der Waals surface area contributed by atoms with Gasteiger partial charge in [-0.05, 0) is 40.8 Å². The number of aliphatic imine (C=N–C) groups is 1. The zero-order valence-electron chi connectivity index (χ0n) is 11.8. The average molecular weight is 461 g/mol. The maximum Gasteiger partial charge on any atom is 0.262 e. The Bertz CT molecular complexity index is 832. The predicted molar refractivity (Wildman–Crippen MR) is 98.1 cm³/mol. The molecule has 0 N–H and O–H groups in total. The molecule has 0 saturated carbocycles. The molecule has 2 atom stereocenters. The summed E-state index contributed by atoms with van der Waals surface area (Å²) in [5.74, 6) is -0.357. The van der Waals surface area contributed by atoms with Crippen molar-refractivity contribution in [2.24, 2.45) is 4.99 Å². The van der Waals surface area contributed by atoms with Gasteiger partial charge in [-0.15, -0.1) is 0 Å². The van der Waals surface area contributed by atoms with E-state index in [4.69, 9.17) is 5.26 Å². The van der Waals surface area contributed by atoms with E-state index in [0.717, 1.165) is 9.26 Å². The van der Waals surface area contributed by atoms with Gasteiger partial charge in [-0.2, -0.15) is 10.3 Å². The van der Waals surface area contributed by atoms with Crippen LogP contribution in [0.25, 0.3) is 0 Å². The fourth-order valence-electron chi connectivity index (χ4n) is 2.71. The highest BCUT2D eigenvalue weighted by atomic mass is 127. The van der Waals surface area contributed by atoms with Crippen molar-refractivity contribution < 1.29 is 13.2 Å². The molecule has 2 unspecified atom stereocenters. The summed E-state index contributed by atoms with van der Waals surface area (Å²) in [6.45, 7) is 0. The molecule has 9 heteroatoms. The number of amidine groups is 1. The number of benzene rings is 1. The Morgan fingerprint density at radius 2 is 2.26 bits per heavy atom. The van der Waals surface area contributed by atoms with Crippen molar-refractivity contribution in [2.45, 2.75) is 17.7 Å². The van der Waals surface area contributed by atoms with Crippen LogP contribution in [0.2, 0.25) is 0 Å². The number of nitriles is 1. The Balaban J connectivity index is 2.01. The number of hydrogen-bond acceptors (Lipinski definition) is 5. The number of fused-ring (bicyclic) bond motifs is 1. The van der Waals surface area contributed by atoms with Crippen LogP contribution in [0, 0.1) is 14.9 Å². The number of halogens is 1. The smallest absolute Gasteiger partial charge is 0.262 e. The number of nitrogens with zero attached hydrogens (tertiary/aromatic N) is 3. The molecule has 3 rings (SSSR count). The number of anilines is 1. The minimum Gasteiger partial charge on any atom is -0.316 e. The number of thioether (sulfide) groups is 1. The molecular weight excluding hydrogens is 449 g/mol. The van der Waals surface area contributed by atoms with Gasteiger partial charge in [0.2, 0.25) is 0 Å². The van der Waals surface area contributed by atoms with Crippen molar-refractivity contribution in [2.75, 3.05) is 16.4 Å². The summed E-state index contributed by atoms with van der Waals surface area (Å²) in [6.07, 6.45) is -0.280. The lowest BCUT2D eigenvalue weighted by atomic mass is 10.2. The minimum absolute atomic E-state index is 0.0571. The SMILES string of the molecule is N#CCC(=O)N=C1SC2CS(=O)(=O)CC2N1c1cccc(I)c1. The molecule has 6 nitrogen and oxygen atoms in total. The quantitative estimate of drug-likeness (QED) is 0.625. The predicted octanol–water partition coefficient (Wildman–Crippen LogP) is 1.81. The van der Waals surface area contributed by atoms with E-state index in [-0.39, 0.29) is 29.2 Å². The third-order valence-corrected chi connectivity index (χ3v) is 7.48. The van der Waals surface area contributed by atoms with Gasteiger partial charge < -0.3 is 4.90 Å². The van der Waals surface area contributed by atoms with Crippen molar-refractivity contribution in [1.29, 1.82) is 5.26 Å². The summed E-state index contributed by atoms with van der Waals surface area (Å²) in [7, 11) is -3.08. The van der Waals surface area contributed by atoms with Crippen molar-refractivity contribution in [1.82, 2.24) is 0 Å². The van der Waals surface area contributed by atoms with Crippen molar-refractivity contribution in [3.8, 4) is 6.07 Å². The van der Waals surface area contributed by atoms with Gasteiger partial charge in [-0.25, -0.2) is 8.42 Å². The molecule has 0 radical (unpaired) electrons. The lowest BCUT2D eigenvalue weighted by Crippen LogP contribution is -2.37. The third-order valence-electron chi connectivity index (χ3n) is 3.60. The molecular formula is C14H12IN3O3S2. The van der Waals surface area contributed by atoms with Crippen LogP contribution >= 0.6 is 34.4 Å². The van der Waals surface area contributed by atoms with Crippen LogP contribution in [0.5, 0.6) is 0 Å². The summed E-state index contributed by atoms with van der Waals surface area (Å²) >= 11 is 3.49. The normalized spacial score (nSPS) is 27.0. The molecule has 23 heavy (non-hydrogen) atoms. The van der Waals surface area contributed by atoms with Crippen LogP contribution in [-0.2, 0) is 14.6 Å². The fraction of sp³-hybridized carbons (Fsp3) is 0.357. The number of sulfone groups is 1. The van der Waals surface area contributed by atoms with Crippen LogP contribution in [0.15, 0.2) is 29.3 Å². The van der Waals surface area contributed by atoms with E-state index in [9.17, 15) is 13.2 Å². The third kappa shape index (κ3) is 3.54. The summed E-state index contributed by atoms with van der Waals surface area (Å²) in [5, 5.41) is 8.97. The highest BCUT2D eigenvalue weighted by Gasteiger charge is 2.49. The average Bonchev–Trinajstić information content (AvgIpc) is 2.89. The Kier molecular flexibility index (Phi) is 4.66. The van der Waals surface area contributed by atoms with E-state index < -0.39 is 15.7 Å². The minimum atomic E-state index is -3.08. The molecule has 1 aromatic rings. The standard InChI is InChI=1S/C14H12IN3O3S2/c15-9-2-1-3-10(6-9)18-11-7-23(20,21)8-12(11)22-14(18)17-13(19)4-5-16/h1-3,6,11-12H,4,7-8H2. The first kappa shape index (κ1) is 16.7. The number of rotatable bonds is 2. The topological polar surface area (TPSA) is 90.6 Å². The molecule has 2 saturated heterocycles. The van der Waals surface area contributed by atoms with E-state index in [1.54, 1.807) is 6.07 Å². The van der Waals surface area contributed by atoms with E-state index >= 15 is 0 Å². The second-order valence-corrected chi connectivity index (χ2v) is 9.88. The van der Waals surface area contributed by atoms with Crippen LogP contribution < -0.4 is 4.90 Å². The van der Waals surface area contributed by atoms with Crippen LogP contribution in [0.1, 0.15) is 6.42 Å².